The van der Waals surface area contributed by atoms with Crippen molar-refractivity contribution in [2.75, 3.05) is 0 Å². The van der Waals surface area contributed by atoms with E-state index >= 15 is 0 Å². The Morgan fingerprint density at radius 3 is 3.21 bits per heavy atom. The van der Waals surface area contributed by atoms with Crippen molar-refractivity contribution >= 4 is 11.3 Å². The van der Waals surface area contributed by atoms with Gasteiger partial charge in [-0.3, -0.25) is 0 Å². The summed E-state index contributed by atoms with van der Waals surface area (Å²) in [5.74, 6) is 0. The molecule has 1 unspecified atom stereocenters. The summed E-state index contributed by atoms with van der Waals surface area (Å²) in [6, 6.07) is 4.39. The number of rotatable bonds is 4. The minimum Gasteiger partial charge on any atom is -0.364 e. The highest BCUT2D eigenvalue weighted by Gasteiger charge is 2.06. The van der Waals surface area contributed by atoms with Gasteiger partial charge in [0.15, 0.2) is 0 Å². The van der Waals surface area contributed by atoms with E-state index in [4.69, 9.17) is 0 Å². The zero-order valence-corrected chi connectivity index (χ0v) is 8.84. The maximum Gasteiger partial charge on any atom is 0.109 e. The van der Waals surface area contributed by atoms with E-state index in [2.05, 4.69) is 28.3 Å². The molecule has 0 spiro atoms. The third kappa shape index (κ3) is 2.21. The molecular formula is C10H13N3S. The molecule has 0 aliphatic heterocycles. The van der Waals surface area contributed by atoms with Crippen molar-refractivity contribution in [3.8, 4) is 0 Å². The van der Waals surface area contributed by atoms with Crippen LogP contribution in [0, 0.1) is 0 Å². The van der Waals surface area contributed by atoms with Gasteiger partial charge < -0.3 is 10.3 Å². The molecule has 74 valence electrons. The van der Waals surface area contributed by atoms with Crippen LogP contribution in [0.2, 0.25) is 0 Å². The van der Waals surface area contributed by atoms with Crippen molar-refractivity contribution in [1.82, 2.24) is 15.3 Å². The van der Waals surface area contributed by atoms with Gasteiger partial charge in [0, 0.05) is 30.0 Å². The van der Waals surface area contributed by atoms with Gasteiger partial charge in [-0.25, -0.2) is 4.98 Å². The van der Waals surface area contributed by atoms with Crippen LogP contribution in [0.1, 0.15) is 23.7 Å². The highest BCUT2D eigenvalue weighted by molar-refractivity contribution is 7.09. The average molecular weight is 207 g/mol. The Balaban J connectivity index is 1.87. The lowest BCUT2D eigenvalue weighted by Crippen LogP contribution is -2.17. The molecule has 2 heterocycles. The van der Waals surface area contributed by atoms with Crippen LogP contribution in [-0.4, -0.2) is 9.97 Å². The van der Waals surface area contributed by atoms with Crippen LogP contribution >= 0.6 is 11.3 Å². The van der Waals surface area contributed by atoms with Gasteiger partial charge in [0.1, 0.15) is 5.01 Å². The molecule has 3 nitrogen and oxygen atoms in total. The predicted molar refractivity (Wildman–Crippen MR) is 58.2 cm³/mol. The molecule has 0 saturated carbocycles. The van der Waals surface area contributed by atoms with E-state index in [9.17, 15) is 0 Å². The van der Waals surface area contributed by atoms with Crippen LogP contribution < -0.4 is 5.32 Å². The van der Waals surface area contributed by atoms with Gasteiger partial charge in [0.25, 0.3) is 0 Å². The van der Waals surface area contributed by atoms with Crippen LogP contribution in [0.25, 0.3) is 0 Å². The predicted octanol–water partition coefficient (Wildman–Crippen LogP) is 2.32. The number of aromatic nitrogens is 2. The number of H-pyrrole nitrogens is 1. The third-order valence-corrected chi connectivity index (χ3v) is 3.04. The first-order valence-corrected chi connectivity index (χ1v) is 5.49. The summed E-state index contributed by atoms with van der Waals surface area (Å²) in [7, 11) is 0. The minimum absolute atomic E-state index is 0.318. The Labute approximate surface area is 87.2 Å². The number of aromatic amines is 1. The fourth-order valence-corrected chi connectivity index (χ4v) is 1.95. The van der Waals surface area contributed by atoms with Gasteiger partial charge in [-0.05, 0) is 19.1 Å². The van der Waals surface area contributed by atoms with Crippen molar-refractivity contribution in [2.45, 2.75) is 19.5 Å². The van der Waals surface area contributed by atoms with Gasteiger partial charge in [0.05, 0.1) is 6.04 Å². The SMILES string of the molecule is CC(NCc1ccc[nH]1)c1nccs1. The highest BCUT2D eigenvalue weighted by atomic mass is 32.1. The summed E-state index contributed by atoms with van der Waals surface area (Å²) < 4.78 is 0. The molecule has 0 aromatic carbocycles. The molecule has 0 radical (unpaired) electrons. The van der Waals surface area contributed by atoms with Crippen LogP contribution in [0.15, 0.2) is 29.9 Å². The maximum absolute atomic E-state index is 4.26. The molecule has 0 amide bonds. The molecule has 2 N–H and O–H groups in total. The van der Waals surface area contributed by atoms with Crippen molar-refractivity contribution in [2.24, 2.45) is 0 Å². The number of hydrogen-bond acceptors (Lipinski definition) is 3. The summed E-state index contributed by atoms with van der Waals surface area (Å²) in [4.78, 5) is 7.42. The molecule has 0 saturated heterocycles. The molecule has 2 aromatic heterocycles. The minimum atomic E-state index is 0.318. The van der Waals surface area contributed by atoms with Gasteiger partial charge in [-0.15, -0.1) is 11.3 Å². The Kier molecular flexibility index (Phi) is 2.96. The van der Waals surface area contributed by atoms with Crippen molar-refractivity contribution in [1.29, 1.82) is 0 Å². The molecule has 2 rings (SSSR count). The fourth-order valence-electron chi connectivity index (χ4n) is 1.28. The van der Waals surface area contributed by atoms with Crippen molar-refractivity contribution in [3.05, 3.63) is 40.6 Å². The number of hydrogen-bond donors (Lipinski definition) is 2. The standard InChI is InChI=1S/C10H13N3S/c1-8(10-12-5-6-14-10)13-7-9-3-2-4-11-9/h2-6,8,11,13H,7H2,1H3. The van der Waals surface area contributed by atoms with Gasteiger partial charge in [0.2, 0.25) is 0 Å². The number of thiazole rings is 1. The second-order valence-corrected chi connectivity index (χ2v) is 4.09. The number of nitrogens with zero attached hydrogens (tertiary/aromatic N) is 1. The fraction of sp³-hybridized carbons (Fsp3) is 0.300. The first kappa shape index (κ1) is 9.43. The quantitative estimate of drug-likeness (QED) is 0.807. The lowest BCUT2D eigenvalue weighted by atomic mass is 10.3. The summed E-state index contributed by atoms with van der Waals surface area (Å²) in [6.45, 7) is 2.98. The van der Waals surface area contributed by atoms with Crippen molar-refractivity contribution in [3.63, 3.8) is 0 Å². The molecule has 0 fully saturated rings. The Morgan fingerprint density at radius 2 is 2.57 bits per heavy atom. The zero-order valence-electron chi connectivity index (χ0n) is 8.03. The third-order valence-electron chi connectivity index (χ3n) is 2.08. The lowest BCUT2D eigenvalue weighted by Gasteiger charge is -2.09. The molecule has 4 heteroatoms. The largest absolute Gasteiger partial charge is 0.364 e. The van der Waals surface area contributed by atoms with Crippen LogP contribution in [0.4, 0.5) is 0 Å². The number of nitrogens with one attached hydrogen (secondary N) is 2. The van der Waals surface area contributed by atoms with Crippen LogP contribution in [0.5, 0.6) is 0 Å². The molecule has 0 aliphatic carbocycles. The van der Waals surface area contributed by atoms with E-state index in [0.717, 1.165) is 11.6 Å². The van der Waals surface area contributed by atoms with Gasteiger partial charge in [-0.2, -0.15) is 0 Å². The molecule has 14 heavy (non-hydrogen) atoms. The second-order valence-electron chi connectivity index (χ2n) is 3.17. The molecule has 2 aromatic rings. The normalized spacial score (nSPS) is 12.9. The first-order valence-electron chi connectivity index (χ1n) is 4.61. The summed E-state index contributed by atoms with van der Waals surface area (Å²) in [5, 5.41) is 6.54. The smallest absolute Gasteiger partial charge is 0.109 e. The van der Waals surface area contributed by atoms with E-state index in [0.29, 0.717) is 6.04 Å². The monoisotopic (exact) mass is 207 g/mol. The van der Waals surface area contributed by atoms with E-state index in [1.165, 1.54) is 5.69 Å². The van der Waals surface area contributed by atoms with E-state index in [1.807, 2.05) is 23.8 Å². The topological polar surface area (TPSA) is 40.7 Å². The Morgan fingerprint density at radius 1 is 1.64 bits per heavy atom. The second kappa shape index (κ2) is 4.39. The van der Waals surface area contributed by atoms with Crippen LogP contribution in [-0.2, 0) is 6.54 Å². The summed E-state index contributed by atoms with van der Waals surface area (Å²) in [6.07, 6.45) is 3.78. The molecule has 0 aliphatic rings. The first-order chi connectivity index (χ1) is 6.86. The van der Waals surface area contributed by atoms with E-state index < -0.39 is 0 Å². The lowest BCUT2D eigenvalue weighted by molar-refractivity contribution is 0.566. The van der Waals surface area contributed by atoms with Crippen molar-refractivity contribution < 1.29 is 0 Å². The summed E-state index contributed by atoms with van der Waals surface area (Å²) >= 11 is 1.68. The van der Waals surface area contributed by atoms with Gasteiger partial charge >= 0.3 is 0 Å². The van der Waals surface area contributed by atoms with Gasteiger partial charge in [-0.1, -0.05) is 0 Å². The average Bonchev–Trinajstić information content (AvgIpc) is 2.87. The molecule has 0 bridgehead atoms. The molecular weight excluding hydrogens is 194 g/mol. The van der Waals surface area contributed by atoms with Crippen LogP contribution in [0.3, 0.4) is 0 Å². The Hall–Kier alpha value is -1.13. The summed E-state index contributed by atoms with van der Waals surface area (Å²) in [5.41, 5.74) is 1.20. The highest BCUT2D eigenvalue weighted by Crippen LogP contribution is 2.14. The van der Waals surface area contributed by atoms with E-state index in [-0.39, 0.29) is 0 Å². The Bertz CT molecular complexity index is 353. The van der Waals surface area contributed by atoms with E-state index in [1.54, 1.807) is 11.3 Å². The zero-order chi connectivity index (χ0) is 9.80. The maximum atomic E-state index is 4.26. The molecule has 1 atom stereocenters.